The van der Waals surface area contributed by atoms with E-state index >= 15 is 0 Å². The van der Waals surface area contributed by atoms with E-state index in [1.807, 2.05) is 0 Å². The summed E-state index contributed by atoms with van der Waals surface area (Å²) in [7, 11) is 2.28. The van der Waals surface area contributed by atoms with Gasteiger partial charge in [0.15, 0.2) is 0 Å². The summed E-state index contributed by atoms with van der Waals surface area (Å²) in [6, 6.07) is 11.3. The molecule has 2 aliphatic carbocycles. The van der Waals surface area contributed by atoms with Crippen molar-refractivity contribution in [3.8, 4) is 0 Å². The SMILES string of the molecule is Cc1cccc(C2CC(NCC(C)N(C)C3CC3)C2)c1. The Morgan fingerprint density at radius 2 is 2.05 bits per heavy atom. The molecule has 110 valence electrons. The third kappa shape index (κ3) is 3.24. The van der Waals surface area contributed by atoms with E-state index in [1.54, 1.807) is 0 Å². The van der Waals surface area contributed by atoms with Gasteiger partial charge >= 0.3 is 0 Å². The van der Waals surface area contributed by atoms with Gasteiger partial charge in [-0.05, 0) is 58.1 Å². The smallest absolute Gasteiger partial charge is 0.0192 e. The van der Waals surface area contributed by atoms with Gasteiger partial charge in [-0.3, -0.25) is 4.90 Å². The summed E-state index contributed by atoms with van der Waals surface area (Å²) in [5.74, 6) is 0.781. The number of likely N-dealkylation sites (N-methyl/N-ethyl adjacent to an activating group) is 1. The minimum Gasteiger partial charge on any atom is -0.312 e. The van der Waals surface area contributed by atoms with Gasteiger partial charge in [-0.25, -0.2) is 0 Å². The Hall–Kier alpha value is -0.860. The molecule has 0 bridgehead atoms. The van der Waals surface area contributed by atoms with Crippen molar-refractivity contribution in [1.82, 2.24) is 10.2 Å². The lowest BCUT2D eigenvalue weighted by molar-refractivity contribution is 0.213. The monoisotopic (exact) mass is 272 g/mol. The van der Waals surface area contributed by atoms with Gasteiger partial charge in [-0.15, -0.1) is 0 Å². The number of hydrogen-bond donors (Lipinski definition) is 1. The molecule has 1 atom stereocenters. The molecule has 0 spiro atoms. The number of nitrogens with one attached hydrogen (secondary N) is 1. The van der Waals surface area contributed by atoms with Crippen molar-refractivity contribution in [3.05, 3.63) is 35.4 Å². The molecular weight excluding hydrogens is 244 g/mol. The number of nitrogens with zero attached hydrogens (tertiary/aromatic N) is 1. The third-order valence-corrected chi connectivity index (χ3v) is 5.17. The van der Waals surface area contributed by atoms with Gasteiger partial charge in [0.2, 0.25) is 0 Å². The van der Waals surface area contributed by atoms with Crippen LogP contribution in [-0.2, 0) is 0 Å². The Bertz CT molecular complexity index is 446. The summed E-state index contributed by atoms with van der Waals surface area (Å²) >= 11 is 0. The van der Waals surface area contributed by atoms with E-state index in [-0.39, 0.29) is 0 Å². The highest BCUT2D eigenvalue weighted by atomic mass is 15.2. The highest BCUT2D eigenvalue weighted by Gasteiger charge is 2.32. The average molecular weight is 272 g/mol. The first-order valence-corrected chi connectivity index (χ1v) is 8.15. The molecule has 0 aromatic heterocycles. The maximum absolute atomic E-state index is 3.76. The van der Waals surface area contributed by atoms with E-state index in [0.717, 1.165) is 24.5 Å². The molecule has 1 aromatic carbocycles. The van der Waals surface area contributed by atoms with E-state index in [1.165, 1.54) is 36.8 Å². The highest BCUT2D eigenvalue weighted by molar-refractivity contribution is 5.27. The second-order valence-electron chi connectivity index (χ2n) is 6.93. The van der Waals surface area contributed by atoms with Crippen LogP contribution in [0.15, 0.2) is 24.3 Å². The van der Waals surface area contributed by atoms with E-state index in [2.05, 4.69) is 55.4 Å². The lowest BCUT2D eigenvalue weighted by atomic mass is 9.75. The molecule has 0 radical (unpaired) electrons. The predicted molar refractivity (Wildman–Crippen MR) is 85.2 cm³/mol. The van der Waals surface area contributed by atoms with Crippen LogP contribution in [0.1, 0.15) is 49.7 Å². The Kier molecular flexibility index (Phi) is 4.13. The number of rotatable bonds is 6. The van der Waals surface area contributed by atoms with Crippen molar-refractivity contribution in [1.29, 1.82) is 0 Å². The molecule has 2 fully saturated rings. The largest absolute Gasteiger partial charge is 0.312 e. The summed E-state index contributed by atoms with van der Waals surface area (Å²) in [5.41, 5.74) is 2.92. The Morgan fingerprint density at radius 3 is 2.70 bits per heavy atom. The number of hydrogen-bond acceptors (Lipinski definition) is 2. The van der Waals surface area contributed by atoms with Gasteiger partial charge in [0.1, 0.15) is 0 Å². The third-order valence-electron chi connectivity index (χ3n) is 5.17. The summed E-state index contributed by atoms with van der Waals surface area (Å²) in [6.45, 7) is 5.67. The first kappa shape index (κ1) is 14.1. The molecule has 2 saturated carbocycles. The zero-order valence-electron chi connectivity index (χ0n) is 13.1. The molecule has 2 aliphatic rings. The molecule has 1 aromatic rings. The normalized spacial score (nSPS) is 27.4. The zero-order chi connectivity index (χ0) is 14.1. The van der Waals surface area contributed by atoms with Gasteiger partial charge in [-0.2, -0.15) is 0 Å². The minimum absolute atomic E-state index is 0.667. The number of aryl methyl sites for hydroxylation is 1. The first-order valence-electron chi connectivity index (χ1n) is 8.15. The molecule has 20 heavy (non-hydrogen) atoms. The highest BCUT2D eigenvalue weighted by Crippen LogP contribution is 2.37. The second-order valence-corrected chi connectivity index (χ2v) is 6.93. The van der Waals surface area contributed by atoms with Crippen molar-refractivity contribution in [2.45, 2.75) is 63.6 Å². The fourth-order valence-electron chi connectivity index (χ4n) is 3.30. The predicted octanol–water partition coefficient (Wildman–Crippen LogP) is 3.31. The van der Waals surface area contributed by atoms with Crippen LogP contribution in [-0.4, -0.2) is 36.6 Å². The molecule has 0 saturated heterocycles. The molecule has 0 amide bonds. The van der Waals surface area contributed by atoms with Crippen LogP contribution >= 0.6 is 0 Å². The fourth-order valence-corrected chi connectivity index (χ4v) is 3.30. The Labute approximate surface area is 123 Å². The van der Waals surface area contributed by atoms with Crippen LogP contribution in [0.25, 0.3) is 0 Å². The van der Waals surface area contributed by atoms with E-state index in [0.29, 0.717) is 6.04 Å². The van der Waals surface area contributed by atoms with Crippen LogP contribution in [0.2, 0.25) is 0 Å². The van der Waals surface area contributed by atoms with Crippen LogP contribution in [0, 0.1) is 6.92 Å². The minimum atomic E-state index is 0.667. The molecule has 1 N–H and O–H groups in total. The summed E-state index contributed by atoms with van der Waals surface area (Å²) in [4.78, 5) is 2.55. The van der Waals surface area contributed by atoms with E-state index in [4.69, 9.17) is 0 Å². The van der Waals surface area contributed by atoms with Crippen LogP contribution in [0.3, 0.4) is 0 Å². The quantitative estimate of drug-likeness (QED) is 0.854. The van der Waals surface area contributed by atoms with E-state index < -0.39 is 0 Å². The standard InChI is InChI=1S/C18H28N2/c1-13-5-4-6-15(9-13)16-10-17(11-16)19-12-14(2)20(3)18-7-8-18/h4-6,9,14,16-19H,7-8,10-12H2,1-3H3. The zero-order valence-corrected chi connectivity index (χ0v) is 13.1. The van der Waals surface area contributed by atoms with Crippen molar-refractivity contribution in [3.63, 3.8) is 0 Å². The molecule has 3 rings (SSSR count). The molecular formula is C18H28N2. The average Bonchev–Trinajstić information content (AvgIpc) is 3.20. The topological polar surface area (TPSA) is 15.3 Å². The Balaban J connectivity index is 1.40. The lowest BCUT2D eigenvalue weighted by Gasteiger charge is -2.38. The van der Waals surface area contributed by atoms with Crippen LogP contribution < -0.4 is 5.32 Å². The van der Waals surface area contributed by atoms with Gasteiger partial charge in [-0.1, -0.05) is 29.8 Å². The maximum Gasteiger partial charge on any atom is 0.0192 e. The van der Waals surface area contributed by atoms with Gasteiger partial charge in [0.05, 0.1) is 0 Å². The molecule has 2 nitrogen and oxygen atoms in total. The lowest BCUT2D eigenvalue weighted by Crippen LogP contribution is -2.46. The van der Waals surface area contributed by atoms with Crippen LogP contribution in [0.5, 0.6) is 0 Å². The van der Waals surface area contributed by atoms with Crippen LogP contribution in [0.4, 0.5) is 0 Å². The maximum atomic E-state index is 3.76. The first-order chi connectivity index (χ1) is 9.63. The van der Waals surface area contributed by atoms with Crippen molar-refractivity contribution >= 4 is 0 Å². The number of benzene rings is 1. The Morgan fingerprint density at radius 1 is 1.30 bits per heavy atom. The van der Waals surface area contributed by atoms with Gasteiger partial charge in [0, 0.05) is 24.7 Å². The van der Waals surface area contributed by atoms with Crippen molar-refractivity contribution in [2.24, 2.45) is 0 Å². The molecule has 2 heteroatoms. The van der Waals surface area contributed by atoms with Gasteiger partial charge in [0.25, 0.3) is 0 Å². The summed E-state index contributed by atoms with van der Waals surface area (Å²) in [6.07, 6.45) is 5.42. The fraction of sp³-hybridized carbons (Fsp3) is 0.667. The molecule has 0 heterocycles. The second kappa shape index (κ2) is 5.87. The van der Waals surface area contributed by atoms with Gasteiger partial charge < -0.3 is 5.32 Å². The molecule has 0 aliphatic heterocycles. The van der Waals surface area contributed by atoms with E-state index in [9.17, 15) is 0 Å². The van der Waals surface area contributed by atoms with Crippen molar-refractivity contribution < 1.29 is 0 Å². The summed E-state index contributed by atoms with van der Waals surface area (Å²) < 4.78 is 0. The summed E-state index contributed by atoms with van der Waals surface area (Å²) in [5, 5.41) is 3.76. The molecule has 1 unspecified atom stereocenters. The van der Waals surface area contributed by atoms with Crippen molar-refractivity contribution in [2.75, 3.05) is 13.6 Å².